The van der Waals surface area contributed by atoms with Crippen LogP contribution < -0.4 is 0 Å². The van der Waals surface area contributed by atoms with E-state index in [1.54, 1.807) is 0 Å². The van der Waals surface area contributed by atoms with Crippen LogP contribution in [0.2, 0.25) is 0 Å². The highest BCUT2D eigenvalue weighted by molar-refractivity contribution is 7.37. The Hall–Kier alpha value is -0.590. The molecule has 0 amide bonds. The molecule has 0 spiro atoms. The van der Waals surface area contributed by atoms with Crippen molar-refractivity contribution in [2.75, 3.05) is 6.16 Å². The maximum atomic E-state index is 10.5. The van der Waals surface area contributed by atoms with Gasteiger partial charge in [-0.05, 0) is 24.5 Å². The Labute approximate surface area is 73.1 Å². The standard InChI is InChI=1S/C9H13O2P/c1-8-4-2-3-5-9(8)6-7-12(10)11/h2-5,12H,6-7H2,1H3,(H,10,11). The van der Waals surface area contributed by atoms with Gasteiger partial charge in [0.1, 0.15) is 0 Å². The first-order valence-electron chi connectivity index (χ1n) is 3.96. The molecule has 0 radical (unpaired) electrons. The van der Waals surface area contributed by atoms with Crippen molar-refractivity contribution in [2.24, 2.45) is 0 Å². The van der Waals surface area contributed by atoms with Crippen LogP contribution >= 0.6 is 8.03 Å². The summed E-state index contributed by atoms with van der Waals surface area (Å²) in [7, 11) is -2.30. The van der Waals surface area contributed by atoms with E-state index in [0.717, 1.165) is 0 Å². The van der Waals surface area contributed by atoms with E-state index in [2.05, 4.69) is 0 Å². The molecule has 1 unspecified atom stereocenters. The molecule has 0 aliphatic heterocycles. The van der Waals surface area contributed by atoms with Crippen molar-refractivity contribution < 1.29 is 9.46 Å². The number of benzene rings is 1. The maximum Gasteiger partial charge on any atom is 0.189 e. The molecule has 3 heteroatoms. The third kappa shape index (κ3) is 2.80. The molecule has 0 aromatic heterocycles. The summed E-state index contributed by atoms with van der Waals surface area (Å²) in [6.07, 6.45) is 1.11. The molecule has 0 aliphatic rings. The van der Waals surface area contributed by atoms with Crippen LogP contribution in [0.15, 0.2) is 24.3 Å². The van der Waals surface area contributed by atoms with E-state index in [1.165, 1.54) is 11.1 Å². The molecule has 0 saturated carbocycles. The molecule has 66 valence electrons. The van der Waals surface area contributed by atoms with Crippen molar-refractivity contribution in [3.63, 3.8) is 0 Å². The smallest absolute Gasteiger partial charge is 0.189 e. The van der Waals surface area contributed by atoms with Crippen LogP contribution in [0, 0.1) is 6.92 Å². The second-order valence-electron chi connectivity index (χ2n) is 2.82. The van der Waals surface area contributed by atoms with Crippen LogP contribution in [0.5, 0.6) is 0 Å². The van der Waals surface area contributed by atoms with Crippen LogP contribution in [0.3, 0.4) is 0 Å². The summed E-state index contributed by atoms with van der Waals surface area (Å²) in [5, 5.41) is 0. The number of hydrogen-bond acceptors (Lipinski definition) is 1. The minimum absolute atomic E-state index is 0.398. The highest BCUT2D eigenvalue weighted by Crippen LogP contribution is 2.17. The lowest BCUT2D eigenvalue weighted by Crippen LogP contribution is -1.90. The molecule has 0 aliphatic carbocycles. The summed E-state index contributed by atoms with van der Waals surface area (Å²) >= 11 is 0. The van der Waals surface area contributed by atoms with E-state index < -0.39 is 8.03 Å². The molecule has 1 aromatic carbocycles. The van der Waals surface area contributed by atoms with Gasteiger partial charge >= 0.3 is 0 Å². The number of aryl methyl sites for hydroxylation is 2. The van der Waals surface area contributed by atoms with Gasteiger partial charge < -0.3 is 4.89 Å². The van der Waals surface area contributed by atoms with E-state index in [1.807, 2.05) is 31.2 Å². The van der Waals surface area contributed by atoms with E-state index in [9.17, 15) is 4.57 Å². The van der Waals surface area contributed by atoms with Crippen molar-refractivity contribution in [3.8, 4) is 0 Å². The number of rotatable bonds is 3. The molecule has 0 heterocycles. The van der Waals surface area contributed by atoms with Crippen molar-refractivity contribution in [1.29, 1.82) is 0 Å². The zero-order chi connectivity index (χ0) is 8.97. The molecule has 1 aromatic rings. The zero-order valence-corrected chi connectivity index (χ0v) is 8.08. The van der Waals surface area contributed by atoms with Gasteiger partial charge in [-0.25, -0.2) is 0 Å². The summed E-state index contributed by atoms with van der Waals surface area (Å²) in [6, 6.07) is 7.95. The first kappa shape index (κ1) is 9.50. The Kier molecular flexibility index (Phi) is 3.51. The first-order valence-corrected chi connectivity index (χ1v) is 5.52. The third-order valence-corrected chi connectivity index (χ3v) is 2.55. The Morgan fingerprint density at radius 3 is 2.67 bits per heavy atom. The highest BCUT2D eigenvalue weighted by atomic mass is 31.1. The lowest BCUT2D eigenvalue weighted by molar-refractivity contribution is 0.502. The van der Waals surface area contributed by atoms with Gasteiger partial charge in [0.15, 0.2) is 8.03 Å². The molecule has 0 bridgehead atoms. The van der Waals surface area contributed by atoms with Crippen molar-refractivity contribution in [3.05, 3.63) is 35.4 Å². The summed E-state index contributed by atoms with van der Waals surface area (Å²) < 4.78 is 10.5. The van der Waals surface area contributed by atoms with E-state index >= 15 is 0 Å². The van der Waals surface area contributed by atoms with Gasteiger partial charge in [0, 0.05) is 6.16 Å². The summed E-state index contributed by atoms with van der Waals surface area (Å²) in [4.78, 5) is 8.65. The summed E-state index contributed by atoms with van der Waals surface area (Å²) in [5.74, 6) is 0. The van der Waals surface area contributed by atoms with Gasteiger partial charge in [0.2, 0.25) is 0 Å². The van der Waals surface area contributed by atoms with Gasteiger partial charge in [-0.3, -0.25) is 4.57 Å². The Balaban J connectivity index is 2.63. The van der Waals surface area contributed by atoms with Crippen LogP contribution in [-0.2, 0) is 11.0 Å². The van der Waals surface area contributed by atoms with Gasteiger partial charge in [0.05, 0.1) is 0 Å². The molecule has 12 heavy (non-hydrogen) atoms. The molecule has 1 N–H and O–H groups in total. The fraction of sp³-hybridized carbons (Fsp3) is 0.333. The average molecular weight is 184 g/mol. The summed E-state index contributed by atoms with van der Waals surface area (Å²) in [5.41, 5.74) is 2.37. The fourth-order valence-electron chi connectivity index (χ4n) is 1.13. The predicted molar refractivity (Wildman–Crippen MR) is 51.0 cm³/mol. The van der Waals surface area contributed by atoms with Gasteiger partial charge in [-0.2, -0.15) is 0 Å². The molecular formula is C9H13O2P. The zero-order valence-electron chi connectivity index (χ0n) is 7.08. The third-order valence-electron chi connectivity index (χ3n) is 1.87. The second-order valence-corrected chi connectivity index (χ2v) is 4.11. The monoisotopic (exact) mass is 184 g/mol. The van der Waals surface area contributed by atoms with Gasteiger partial charge in [-0.1, -0.05) is 24.3 Å². The van der Waals surface area contributed by atoms with Crippen molar-refractivity contribution >= 4 is 8.03 Å². The Bertz CT molecular complexity index is 284. The Morgan fingerprint density at radius 1 is 1.42 bits per heavy atom. The maximum absolute atomic E-state index is 10.5. The number of hydrogen-bond donors (Lipinski definition) is 1. The van der Waals surface area contributed by atoms with Crippen LogP contribution in [-0.4, -0.2) is 11.1 Å². The minimum Gasteiger partial charge on any atom is -0.346 e. The SMILES string of the molecule is Cc1ccccc1CC[PH](=O)O. The van der Waals surface area contributed by atoms with Gasteiger partial charge in [-0.15, -0.1) is 0 Å². The normalized spacial score (nSPS) is 12.8. The van der Waals surface area contributed by atoms with Crippen molar-refractivity contribution in [1.82, 2.24) is 0 Å². The van der Waals surface area contributed by atoms with Crippen LogP contribution in [0.1, 0.15) is 11.1 Å². The molecule has 0 saturated heterocycles. The van der Waals surface area contributed by atoms with E-state index in [4.69, 9.17) is 4.89 Å². The van der Waals surface area contributed by atoms with Crippen LogP contribution in [0.4, 0.5) is 0 Å². The van der Waals surface area contributed by atoms with Crippen molar-refractivity contribution in [2.45, 2.75) is 13.3 Å². The predicted octanol–water partition coefficient (Wildman–Crippen LogP) is 2.00. The Morgan fingerprint density at radius 2 is 2.08 bits per heavy atom. The lowest BCUT2D eigenvalue weighted by atomic mass is 10.1. The fourth-order valence-corrected chi connectivity index (χ4v) is 1.62. The molecule has 1 atom stereocenters. The molecular weight excluding hydrogens is 171 g/mol. The molecule has 0 fully saturated rings. The highest BCUT2D eigenvalue weighted by Gasteiger charge is 1.98. The largest absolute Gasteiger partial charge is 0.346 e. The first-order chi connectivity index (χ1) is 5.70. The van der Waals surface area contributed by atoms with Gasteiger partial charge in [0.25, 0.3) is 0 Å². The van der Waals surface area contributed by atoms with E-state index in [-0.39, 0.29) is 0 Å². The molecule has 1 rings (SSSR count). The second kappa shape index (κ2) is 4.44. The lowest BCUT2D eigenvalue weighted by Gasteiger charge is -2.02. The average Bonchev–Trinajstić information content (AvgIpc) is 2.03. The van der Waals surface area contributed by atoms with E-state index in [0.29, 0.717) is 12.6 Å². The summed E-state index contributed by atoms with van der Waals surface area (Å²) in [6.45, 7) is 2.02. The minimum atomic E-state index is -2.30. The molecule has 2 nitrogen and oxygen atoms in total. The topological polar surface area (TPSA) is 37.3 Å². The van der Waals surface area contributed by atoms with Crippen LogP contribution in [0.25, 0.3) is 0 Å². The quantitative estimate of drug-likeness (QED) is 0.729.